The van der Waals surface area contributed by atoms with Crippen LogP contribution in [0.25, 0.3) is 0 Å². The fraction of sp³-hybridized carbons (Fsp3) is 1.00. The highest BCUT2D eigenvalue weighted by molar-refractivity contribution is 4.85. The van der Waals surface area contributed by atoms with Crippen LogP contribution in [-0.4, -0.2) is 32.0 Å². The lowest BCUT2D eigenvalue weighted by Gasteiger charge is -2.22. The molecular weight excluding hydrogens is 154 g/mol. The normalized spacial score (nSPS) is 42.2. The number of nitrogens with two attached hydrogens (primary N) is 1. The Bertz CT molecular complexity index is 145. The van der Waals surface area contributed by atoms with Crippen molar-refractivity contribution in [3.05, 3.63) is 0 Å². The van der Waals surface area contributed by atoms with Gasteiger partial charge in [-0.3, -0.25) is 0 Å². The van der Waals surface area contributed by atoms with Crippen LogP contribution in [0.1, 0.15) is 19.3 Å². The van der Waals surface area contributed by atoms with Gasteiger partial charge in [0.1, 0.15) is 0 Å². The molecule has 2 aliphatic heterocycles. The Balaban J connectivity index is 1.92. The molecule has 2 heterocycles. The van der Waals surface area contributed by atoms with E-state index in [1.54, 1.807) is 0 Å². The third kappa shape index (κ3) is 1.49. The summed E-state index contributed by atoms with van der Waals surface area (Å²) in [7, 11) is 0. The maximum Gasteiger partial charge on any atom is 0.0877 e. The zero-order valence-electron chi connectivity index (χ0n) is 7.37. The van der Waals surface area contributed by atoms with Crippen LogP contribution in [-0.2, 0) is 9.47 Å². The van der Waals surface area contributed by atoms with E-state index in [4.69, 9.17) is 15.2 Å². The van der Waals surface area contributed by atoms with Crippen molar-refractivity contribution in [3.63, 3.8) is 0 Å². The zero-order valence-corrected chi connectivity index (χ0v) is 7.37. The SMILES string of the molecule is NCC1CCOC1C1CCCO1. The van der Waals surface area contributed by atoms with E-state index in [1.807, 2.05) is 0 Å². The lowest BCUT2D eigenvalue weighted by atomic mass is 9.96. The lowest BCUT2D eigenvalue weighted by Crippen LogP contribution is -2.34. The summed E-state index contributed by atoms with van der Waals surface area (Å²) in [4.78, 5) is 0. The van der Waals surface area contributed by atoms with E-state index in [0.717, 1.165) is 32.6 Å². The Morgan fingerprint density at radius 2 is 2.08 bits per heavy atom. The van der Waals surface area contributed by atoms with E-state index in [2.05, 4.69) is 0 Å². The van der Waals surface area contributed by atoms with Gasteiger partial charge in [-0.05, 0) is 25.8 Å². The van der Waals surface area contributed by atoms with E-state index < -0.39 is 0 Å². The summed E-state index contributed by atoms with van der Waals surface area (Å²) in [6.07, 6.45) is 4.07. The first-order valence-corrected chi connectivity index (χ1v) is 4.85. The van der Waals surface area contributed by atoms with Crippen LogP contribution in [0, 0.1) is 5.92 Å². The van der Waals surface area contributed by atoms with Gasteiger partial charge in [-0.25, -0.2) is 0 Å². The molecular formula is C9H17NO2. The Morgan fingerprint density at radius 1 is 1.17 bits per heavy atom. The highest BCUT2D eigenvalue weighted by atomic mass is 16.5. The first kappa shape index (κ1) is 8.48. The Labute approximate surface area is 73.2 Å². The van der Waals surface area contributed by atoms with Crippen LogP contribution in [0.2, 0.25) is 0 Å². The second kappa shape index (κ2) is 3.73. The molecule has 2 fully saturated rings. The number of hydrogen-bond donors (Lipinski definition) is 1. The molecule has 3 unspecified atom stereocenters. The fourth-order valence-electron chi connectivity index (χ4n) is 2.18. The van der Waals surface area contributed by atoms with Gasteiger partial charge in [-0.2, -0.15) is 0 Å². The summed E-state index contributed by atoms with van der Waals surface area (Å²) in [5, 5.41) is 0. The second-order valence-corrected chi connectivity index (χ2v) is 3.67. The average Bonchev–Trinajstić information content (AvgIpc) is 2.74. The van der Waals surface area contributed by atoms with Crippen molar-refractivity contribution in [2.45, 2.75) is 31.5 Å². The van der Waals surface area contributed by atoms with E-state index >= 15 is 0 Å². The maximum absolute atomic E-state index is 5.66. The van der Waals surface area contributed by atoms with Crippen LogP contribution < -0.4 is 5.73 Å². The second-order valence-electron chi connectivity index (χ2n) is 3.67. The van der Waals surface area contributed by atoms with Crippen molar-refractivity contribution in [3.8, 4) is 0 Å². The van der Waals surface area contributed by atoms with Gasteiger partial charge in [-0.1, -0.05) is 0 Å². The minimum atomic E-state index is 0.289. The van der Waals surface area contributed by atoms with Crippen LogP contribution >= 0.6 is 0 Å². The van der Waals surface area contributed by atoms with Gasteiger partial charge in [0.2, 0.25) is 0 Å². The third-order valence-electron chi connectivity index (χ3n) is 2.90. The first-order chi connectivity index (χ1) is 5.92. The largest absolute Gasteiger partial charge is 0.376 e. The quantitative estimate of drug-likeness (QED) is 0.659. The molecule has 3 nitrogen and oxygen atoms in total. The molecule has 0 radical (unpaired) electrons. The third-order valence-corrected chi connectivity index (χ3v) is 2.90. The Hall–Kier alpha value is -0.120. The van der Waals surface area contributed by atoms with Gasteiger partial charge in [0.25, 0.3) is 0 Å². The van der Waals surface area contributed by atoms with Crippen molar-refractivity contribution < 1.29 is 9.47 Å². The van der Waals surface area contributed by atoms with Crippen molar-refractivity contribution in [1.82, 2.24) is 0 Å². The van der Waals surface area contributed by atoms with Gasteiger partial charge >= 0.3 is 0 Å². The van der Waals surface area contributed by atoms with E-state index in [0.29, 0.717) is 12.0 Å². The van der Waals surface area contributed by atoms with Crippen LogP contribution in [0.5, 0.6) is 0 Å². The van der Waals surface area contributed by atoms with Crippen molar-refractivity contribution >= 4 is 0 Å². The molecule has 0 aliphatic carbocycles. The van der Waals surface area contributed by atoms with Gasteiger partial charge in [0, 0.05) is 19.1 Å². The minimum Gasteiger partial charge on any atom is -0.376 e. The summed E-state index contributed by atoms with van der Waals surface area (Å²) >= 11 is 0. The smallest absolute Gasteiger partial charge is 0.0877 e. The monoisotopic (exact) mass is 171 g/mol. The van der Waals surface area contributed by atoms with Crippen LogP contribution in [0.3, 0.4) is 0 Å². The molecule has 0 amide bonds. The van der Waals surface area contributed by atoms with Crippen LogP contribution in [0.15, 0.2) is 0 Å². The Kier molecular flexibility index (Phi) is 2.63. The molecule has 0 aromatic rings. The number of hydrogen-bond acceptors (Lipinski definition) is 3. The summed E-state index contributed by atoms with van der Waals surface area (Å²) in [5.41, 5.74) is 5.66. The molecule has 3 atom stereocenters. The van der Waals surface area contributed by atoms with Crippen molar-refractivity contribution in [1.29, 1.82) is 0 Å². The molecule has 70 valence electrons. The highest BCUT2D eigenvalue weighted by Crippen LogP contribution is 2.29. The summed E-state index contributed by atoms with van der Waals surface area (Å²) in [6, 6.07) is 0. The molecule has 2 N–H and O–H groups in total. The molecule has 12 heavy (non-hydrogen) atoms. The average molecular weight is 171 g/mol. The molecule has 0 aromatic carbocycles. The maximum atomic E-state index is 5.66. The molecule has 0 spiro atoms. The number of rotatable bonds is 2. The topological polar surface area (TPSA) is 44.5 Å². The molecule has 3 heteroatoms. The van der Waals surface area contributed by atoms with Gasteiger partial charge < -0.3 is 15.2 Å². The van der Waals surface area contributed by atoms with Crippen molar-refractivity contribution in [2.75, 3.05) is 19.8 Å². The molecule has 2 aliphatic rings. The minimum absolute atomic E-state index is 0.289. The summed E-state index contributed by atoms with van der Waals surface area (Å²) < 4.78 is 11.2. The van der Waals surface area contributed by atoms with Gasteiger partial charge in [0.15, 0.2) is 0 Å². The first-order valence-electron chi connectivity index (χ1n) is 4.85. The standard InChI is InChI=1S/C9H17NO2/c10-6-7-3-5-12-9(7)8-2-1-4-11-8/h7-9H,1-6,10H2. The molecule has 0 aromatic heterocycles. The highest BCUT2D eigenvalue weighted by Gasteiger charge is 2.36. The van der Waals surface area contributed by atoms with E-state index in [-0.39, 0.29) is 6.10 Å². The van der Waals surface area contributed by atoms with Crippen molar-refractivity contribution in [2.24, 2.45) is 11.7 Å². The van der Waals surface area contributed by atoms with E-state index in [1.165, 1.54) is 6.42 Å². The van der Waals surface area contributed by atoms with Crippen LogP contribution in [0.4, 0.5) is 0 Å². The Morgan fingerprint density at radius 3 is 2.75 bits per heavy atom. The summed E-state index contributed by atoms with van der Waals surface area (Å²) in [6.45, 7) is 2.51. The van der Waals surface area contributed by atoms with E-state index in [9.17, 15) is 0 Å². The lowest BCUT2D eigenvalue weighted by molar-refractivity contribution is -0.0317. The predicted octanol–water partition coefficient (Wildman–Crippen LogP) is 0.529. The molecule has 0 saturated carbocycles. The zero-order chi connectivity index (χ0) is 8.39. The molecule has 0 bridgehead atoms. The molecule has 2 saturated heterocycles. The number of ether oxygens (including phenoxy) is 2. The predicted molar refractivity (Wildman–Crippen MR) is 45.9 cm³/mol. The summed E-state index contributed by atoms with van der Waals surface area (Å²) in [5.74, 6) is 0.535. The molecule has 2 rings (SSSR count). The van der Waals surface area contributed by atoms with Gasteiger partial charge in [0.05, 0.1) is 12.2 Å². The van der Waals surface area contributed by atoms with Gasteiger partial charge in [-0.15, -0.1) is 0 Å². The fourth-order valence-corrected chi connectivity index (χ4v) is 2.18.